The van der Waals surface area contributed by atoms with Crippen molar-refractivity contribution in [2.24, 2.45) is 0 Å². The molecule has 112 valence electrons. The third-order valence-electron chi connectivity index (χ3n) is 3.03. The number of hydrogen-bond donors (Lipinski definition) is 1. The van der Waals surface area contributed by atoms with E-state index >= 15 is 0 Å². The molecule has 3 rings (SSSR count). The molecule has 3 aromatic rings. The average molecular weight is 347 g/mol. The van der Waals surface area contributed by atoms with Crippen LogP contribution in [0.25, 0.3) is 10.6 Å². The van der Waals surface area contributed by atoms with Crippen LogP contribution in [0.5, 0.6) is 0 Å². The first kappa shape index (κ1) is 15.3. The topological polar surface area (TPSA) is 42.0 Å². The smallest absolute Gasteiger partial charge is 0.257 e. The molecule has 0 bridgehead atoms. The molecule has 0 fully saturated rings. The summed E-state index contributed by atoms with van der Waals surface area (Å²) in [4.78, 5) is 17.8. The van der Waals surface area contributed by atoms with Gasteiger partial charge < -0.3 is 0 Å². The molecule has 1 N–H and O–H groups in total. The number of carbonyl (C=O) groups is 1. The molecule has 0 saturated heterocycles. The third kappa shape index (κ3) is 3.58. The highest BCUT2D eigenvalue weighted by Gasteiger charge is 2.10. The van der Waals surface area contributed by atoms with Crippen molar-refractivity contribution in [3.05, 3.63) is 58.3 Å². The van der Waals surface area contributed by atoms with E-state index in [1.165, 1.54) is 16.9 Å². The summed E-state index contributed by atoms with van der Waals surface area (Å²) in [7, 11) is 0. The number of rotatable bonds is 5. The fraction of sp³-hybridized carbons (Fsp3) is 0.125. The fourth-order valence-corrected chi connectivity index (χ4v) is 3.95. The normalized spacial score (nSPS) is 10.6. The van der Waals surface area contributed by atoms with Gasteiger partial charge in [0.05, 0.1) is 10.6 Å². The number of thiazole rings is 1. The van der Waals surface area contributed by atoms with Crippen LogP contribution < -0.4 is 5.32 Å². The minimum absolute atomic E-state index is 0.122. The number of benzene rings is 1. The Labute approximate surface area is 141 Å². The average Bonchev–Trinajstić information content (AvgIpc) is 3.19. The van der Waals surface area contributed by atoms with Gasteiger partial charge in [-0.25, -0.2) is 4.98 Å². The Hall–Kier alpha value is -1.63. The van der Waals surface area contributed by atoms with E-state index in [-0.39, 0.29) is 5.91 Å². The molecule has 3 nitrogen and oxygen atoms in total. The van der Waals surface area contributed by atoms with Crippen molar-refractivity contribution >= 4 is 45.5 Å². The van der Waals surface area contributed by atoms with Crippen molar-refractivity contribution in [1.29, 1.82) is 0 Å². The number of thiophene rings is 1. The number of anilines is 1. The maximum atomic E-state index is 12.2. The van der Waals surface area contributed by atoms with Crippen molar-refractivity contribution in [3.8, 4) is 10.6 Å². The maximum Gasteiger partial charge on any atom is 0.257 e. The summed E-state index contributed by atoms with van der Waals surface area (Å²) in [5.41, 5.74) is 2.78. The predicted molar refractivity (Wildman–Crippen MR) is 97.0 cm³/mol. The van der Waals surface area contributed by atoms with Gasteiger partial charge in [-0.3, -0.25) is 10.1 Å². The van der Waals surface area contributed by atoms with E-state index < -0.39 is 0 Å². The molecule has 1 amide bonds. The van der Waals surface area contributed by atoms with Crippen LogP contribution in [0, 0.1) is 0 Å². The maximum absolute atomic E-state index is 12.2. The Morgan fingerprint density at radius 1 is 1.23 bits per heavy atom. The van der Waals surface area contributed by atoms with E-state index in [9.17, 15) is 4.79 Å². The minimum atomic E-state index is -0.122. The first-order valence-electron chi connectivity index (χ1n) is 6.65. The second-order valence-electron chi connectivity index (χ2n) is 4.60. The zero-order valence-corrected chi connectivity index (χ0v) is 14.4. The van der Waals surface area contributed by atoms with Gasteiger partial charge in [-0.05, 0) is 35.4 Å². The van der Waals surface area contributed by atoms with Crippen LogP contribution in [0.4, 0.5) is 5.13 Å². The Morgan fingerprint density at radius 3 is 2.73 bits per heavy atom. The van der Waals surface area contributed by atoms with Crippen LogP contribution in [0.15, 0.2) is 47.2 Å². The molecule has 2 aromatic heterocycles. The van der Waals surface area contributed by atoms with Crippen molar-refractivity contribution in [3.63, 3.8) is 0 Å². The number of hydrogen-bond acceptors (Lipinski definition) is 5. The molecule has 1 aromatic carbocycles. The number of nitrogens with zero attached hydrogens (tertiary/aromatic N) is 1. The van der Waals surface area contributed by atoms with Crippen molar-refractivity contribution in [2.75, 3.05) is 11.6 Å². The standard InChI is InChI=1S/C16H14N2OS3/c1-20-9-11-4-6-12(7-5-11)15(19)18-16-17-13(10-22-16)14-3-2-8-21-14/h2-8,10H,9H2,1H3,(H,17,18,19). The zero-order chi connectivity index (χ0) is 15.4. The van der Waals surface area contributed by atoms with Gasteiger partial charge in [-0.1, -0.05) is 18.2 Å². The molecule has 0 aliphatic heterocycles. The molecular weight excluding hydrogens is 332 g/mol. The van der Waals surface area contributed by atoms with Crippen LogP contribution >= 0.6 is 34.4 Å². The van der Waals surface area contributed by atoms with E-state index in [0.29, 0.717) is 10.7 Å². The summed E-state index contributed by atoms with van der Waals surface area (Å²) in [6.45, 7) is 0. The van der Waals surface area contributed by atoms with Gasteiger partial charge in [-0.15, -0.1) is 22.7 Å². The first-order chi connectivity index (χ1) is 10.8. The molecule has 0 unspecified atom stereocenters. The monoisotopic (exact) mass is 346 g/mol. The number of thioether (sulfide) groups is 1. The molecule has 0 spiro atoms. The lowest BCUT2D eigenvalue weighted by Gasteiger charge is -2.03. The van der Waals surface area contributed by atoms with E-state index in [4.69, 9.17) is 0 Å². The van der Waals surface area contributed by atoms with Gasteiger partial charge >= 0.3 is 0 Å². The highest BCUT2D eigenvalue weighted by atomic mass is 32.2. The Balaban J connectivity index is 1.69. The van der Waals surface area contributed by atoms with E-state index in [0.717, 1.165) is 16.3 Å². The van der Waals surface area contributed by atoms with Gasteiger partial charge in [0.25, 0.3) is 5.91 Å². The first-order valence-corrected chi connectivity index (χ1v) is 9.80. The molecular formula is C16H14N2OS3. The fourth-order valence-electron chi connectivity index (χ4n) is 1.96. The van der Waals surface area contributed by atoms with Crippen LogP contribution in [0.1, 0.15) is 15.9 Å². The zero-order valence-electron chi connectivity index (χ0n) is 11.9. The highest BCUT2D eigenvalue weighted by molar-refractivity contribution is 7.97. The van der Waals surface area contributed by atoms with E-state index in [2.05, 4.69) is 16.6 Å². The summed E-state index contributed by atoms with van der Waals surface area (Å²) in [6, 6.07) is 11.7. The lowest BCUT2D eigenvalue weighted by molar-refractivity contribution is 0.102. The van der Waals surface area contributed by atoms with Gasteiger partial charge in [0.2, 0.25) is 0 Å². The predicted octanol–water partition coefficient (Wildman–Crippen LogP) is 4.99. The van der Waals surface area contributed by atoms with Crippen molar-refractivity contribution in [2.45, 2.75) is 5.75 Å². The van der Waals surface area contributed by atoms with Crippen LogP contribution in [0.3, 0.4) is 0 Å². The van der Waals surface area contributed by atoms with E-state index in [1.54, 1.807) is 23.1 Å². The van der Waals surface area contributed by atoms with Gasteiger partial charge in [0.15, 0.2) is 5.13 Å². The largest absolute Gasteiger partial charge is 0.298 e. The number of carbonyl (C=O) groups excluding carboxylic acids is 1. The molecule has 0 atom stereocenters. The molecule has 22 heavy (non-hydrogen) atoms. The van der Waals surface area contributed by atoms with Crippen LogP contribution in [-0.2, 0) is 5.75 Å². The lowest BCUT2D eigenvalue weighted by atomic mass is 10.1. The molecule has 6 heteroatoms. The molecule has 0 aliphatic rings. The molecule has 2 heterocycles. The Bertz CT molecular complexity index is 748. The second kappa shape index (κ2) is 7.09. The summed E-state index contributed by atoms with van der Waals surface area (Å²) < 4.78 is 0. The Kier molecular flexibility index (Phi) is 4.92. The van der Waals surface area contributed by atoms with Crippen molar-refractivity contribution in [1.82, 2.24) is 4.98 Å². The molecule has 0 aliphatic carbocycles. The number of aromatic nitrogens is 1. The summed E-state index contributed by atoms with van der Waals surface area (Å²) >= 11 is 4.85. The van der Waals surface area contributed by atoms with Gasteiger partial charge in [-0.2, -0.15) is 11.8 Å². The summed E-state index contributed by atoms with van der Waals surface area (Å²) in [6.07, 6.45) is 2.06. The second-order valence-corrected chi connectivity index (χ2v) is 7.27. The summed E-state index contributed by atoms with van der Waals surface area (Å²) in [5, 5.41) is 7.46. The molecule has 0 saturated carbocycles. The SMILES string of the molecule is CSCc1ccc(C(=O)Nc2nc(-c3cccs3)cs2)cc1. The van der Waals surface area contributed by atoms with Crippen molar-refractivity contribution < 1.29 is 4.79 Å². The van der Waals surface area contributed by atoms with E-state index in [1.807, 2.05) is 47.2 Å². The highest BCUT2D eigenvalue weighted by Crippen LogP contribution is 2.28. The number of nitrogens with one attached hydrogen (secondary N) is 1. The minimum Gasteiger partial charge on any atom is -0.298 e. The number of amides is 1. The van der Waals surface area contributed by atoms with Crippen LogP contribution in [-0.4, -0.2) is 17.1 Å². The van der Waals surface area contributed by atoms with Gasteiger partial charge in [0.1, 0.15) is 0 Å². The lowest BCUT2D eigenvalue weighted by Crippen LogP contribution is -2.11. The van der Waals surface area contributed by atoms with Crippen LogP contribution in [0.2, 0.25) is 0 Å². The van der Waals surface area contributed by atoms with Gasteiger partial charge in [0, 0.05) is 16.7 Å². The third-order valence-corrected chi connectivity index (χ3v) is 5.30. The summed E-state index contributed by atoms with van der Waals surface area (Å²) in [5.74, 6) is 0.834. The Morgan fingerprint density at radius 2 is 2.05 bits per heavy atom. The quantitative estimate of drug-likeness (QED) is 0.708. The molecule has 0 radical (unpaired) electrons.